The van der Waals surface area contributed by atoms with Crippen molar-refractivity contribution in [3.05, 3.63) is 60.2 Å². The van der Waals surface area contributed by atoms with Gasteiger partial charge in [0.15, 0.2) is 0 Å². The lowest BCUT2D eigenvalue weighted by molar-refractivity contribution is 0.482. The monoisotopic (exact) mass is 251 g/mol. The summed E-state index contributed by atoms with van der Waals surface area (Å²) >= 11 is 0. The topological polar surface area (TPSA) is 33.0 Å². The van der Waals surface area contributed by atoms with Crippen LogP contribution in [0.2, 0.25) is 0 Å². The molecule has 96 valence electrons. The molecule has 2 heteroatoms. The molecule has 0 spiro atoms. The summed E-state index contributed by atoms with van der Waals surface area (Å²) in [6.07, 6.45) is 1.69. The van der Waals surface area contributed by atoms with Crippen molar-refractivity contribution < 1.29 is 4.74 Å². The Balaban J connectivity index is 2.01. The molecule has 0 aliphatic rings. The average Bonchev–Trinajstić information content (AvgIpc) is 2.47. The number of hydrogen-bond donors (Lipinski definition) is 0. The van der Waals surface area contributed by atoms with E-state index in [0.29, 0.717) is 0 Å². The Bertz CT molecular complexity index is 540. The van der Waals surface area contributed by atoms with Gasteiger partial charge in [0.05, 0.1) is 12.0 Å². The van der Waals surface area contributed by atoms with Crippen molar-refractivity contribution in [3.8, 4) is 17.6 Å². The highest BCUT2D eigenvalue weighted by Gasteiger charge is 2.06. The molecule has 0 aliphatic carbocycles. The van der Waals surface area contributed by atoms with E-state index >= 15 is 0 Å². The van der Waals surface area contributed by atoms with Gasteiger partial charge in [0, 0.05) is 0 Å². The molecule has 2 nitrogen and oxygen atoms in total. The summed E-state index contributed by atoms with van der Waals surface area (Å²) in [5.74, 6) is 1.75. The molecule has 0 bridgehead atoms. The molecule has 0 saturated heterocycles. The molecule has 0 fully saturated rings. The van der Waals surface area contributed by atoms with Gasteiger partial charge in [-0.3, -0.25) is 0 Å². The van der Waals surface area contributed by atoms with E-state index in [1.165, 1.54) is 5.56 Å². The molecule has 2 aromatic carbocycles. The van der Waals surface area contributed by atoms with Gasteiger partial charge < -0.3 is 4.74 Å². The van der Waals surface area contributed by atoms with E-state index in [0.717, 1.165) is 24.3 Å². The quantitative estimate of drug-likeness (QED) is 0.779. The fourth-order valence-electron chi connectivity index (χ4n) is 1.88. The normalized spacial score (nSPS) is 11.6. The predicted octanol–water partition coefficient (Wildman–Crippen LogP) is 4.57. The summed E-state index contributed by atoms with van der Waals surface area (Å²) in [6.45, 7) is 2.04. The molecule has 0 aromatic heterocycles. The van der Waals surface area contributed by atoms with Crippen molar-refractivity contribution in [2.45, 2.75) is 19.8 Å². The minimum Gasteiger partial charge on any atom is -0.457 e. The van der Waals surface area contributed by atoms with Crippen LogP contribution in [0.25, 0.3) is 0 Å². The second-order valence-corrected chi connectivity index (χ2v) is 4.50. The van der Waals surface area contributed by atoms with Crippen LogP contribution < -0.4 is 4.74 Å². The van der Waals surface area contributed by atoms with Gasteiger partial charge in [-0.05, 0) is 42.7 Å². The third kappa shape index (κ3) is 3.86. The second kappa shape index (κ2) is 6.61. The van der Waals surface area contributed by atoms with Gasteiger partial charge in [0.2, 0.25) is 0 Å². The maximum atomic E-state index is 8.96. The highest BCUT2D eigenvalue weighted by Crippen LogP contribution is 2.22. The molecular weight excluding hydrogens is 234 g/mol. The fraction of sp³-hybridized carbons (Fsp3) is 0.235. The fourth-order valence-corrected chi connectivity index (χ4v) is 1.88. The van der Waals surface area contributed by atoms with Gasteiger partial charge in [-0.25, -0.2) is 0 Å². The molecule has 1 atom stereocenters. The number of para-hydroxylation sites is 1. The SMILES string of the molecule is CCC(C#N)Cc1ccc(Oc2ccccc2)cc1. The summed E-state index contributed by atoms with van der Waals surface area (Å²) in [6, 6.07) is 20.0. The van der Waals surface area contributed by atoms with E-state index in [4.69, 9.17) is 10.00 Å². The molecule has 19 heavy (non-hydrogen) atoms. The van der Waals surface area contributed by atoms with E-state index in [9.17, 15) is 0 Å². The summed E-state index contributed by atoms with van der Waals surface area (Å²) in [4.78, 5) is 0. The average molecular weight is 251 g/mol. The number of nitriles is 1. The van der Waals surface area contributed by atoms with Gasteiger partial charge >= 0.3 is 0 Å². The van der Waals surface area contributed by atoms with Crippen molar-refractivity contribution in [2.75, 3.05) is 0 Å². The van der Waals surface area contributed by atoms with E-state index in [-0.39, 0.29) is 5.92 Å². The van der Waals surface area contributed by atoms with Gasteiger partial charge in [-0.2, -0.15) is 5.26 Å². The number of nitrogens with zero attached hydrogens (tertiary/aromatic N) is 1. The maximum absolute atomic E-state index is 8.96. The van der Waals surface area contributed by atoms with Crippen LogP contribution in [0.3, 0.4) is 0 Å². The van der Waals surface area contributed by atoms with Crippen molar-refractivity contribution >= 4 is 0 Å². The van der Waals surface area contributed by atoms with Crippen LogP contribution in [0.4, 0.5) is 0 Å². The van der Waals surface area contributed by atoms with E-state index < -0.39 is 0 Å². The molecule has 0 N–H and O–H groups in total. The summed E-state index contributed by atoms with van der Waals surface area (Å²) in [5, 5.41) is 8.96. The lowest BCUT2D eigenvalue weighted by atomic mass is 9.98. The van der Waals surface area contributed by atoms with Crippen molar-refractivity contribution in [1.29, 1.82) is 5.26 Å². The molecule has 0 heterocycles. The van der Waals surface area contributed by atoms with Crippen molar-refractivity contribution in [2.24, 2.45) is 5.92 Å². The van der Waals surface area contributed by atoms with Gasteiger partial charge in [0.1, 0.15) is 11.5 Å². The van der Waals surface area contributed by atoms with Crippen LogP contribution in [0.5, 0.6) is 11.5 Å². The van der Waals surface area contributed by atoms with Crippen LogP contribution >= 0.6 is 0 Å². The molecule has 0 amide bonds. The number of rotatable bonds is 5. The Labute approximate surface area is 114 Å². The van der Waals surface area contributed by atoms with E-state index in [2.05, 4.69) is 6.07 Å². The third-order valence-corrected chi connectivity index (χ3v) is 3.06. The van der Waals surface area contributed by atoms with Gasteiger partial charge in [-0.15, -0.1) is 0 Å². The Morgan fingerprint density at radius 2 is 1.63 bits per heavy atom. The number of hydrogen-bond acceptors (Lipinski definition) is 2. The van der Waals surface area contributed by atoms with Crippen LogP contribution in [-0.4, -0.2) is 0 Å². The highest BCUT2D eigenvalue weighted by molar-refractivity contribution is 5.33. The first-order valence-electron chi connectivity index (χ1n) is 6.53. The summed E-state index contributed by atoms with van der Waals surface area (Å²) < 4.78 is 5.73. The molecule has 0 radical (unpaired) electrons. The summed E-state index contributed by atoms with van der Waals surface area (Å²) in [7, 11) is 0. The molecule has 0 aliphatic heterocycles. The Morgan fingerprint density at radius 1 is 1.00 bits per heavy atom. The van der Waals surface area contributed by atoms with E-state index in [1.807, 2.05) is 61.5 Å². The highest BCUT2D eigenvalue weighted by atomic mass is 16.5. The van der Waals surface area contributed by atoms with Crippen molar-refractivity contribution in [3.63, 3.8) is 0 Å². The van der Waals surface area contributed by atoms with Gasteiger partial charge in [0.25, 0.3) is 0 Å². The smallest absolute Gasteiger partial charge is 0.127 e. The minimum atomic E-state index is 0.0980. The predicted molar refractivity (Wildman–Crippen MR) is 76.1 cm³/mol. The van der Waals surface area contributed by atoms with Crippen LogP contribution in [0, 0.1) is 17.2 Å². The Hall–Kier alpha value is -2.27. The minimum absolute atomic E-state index is 0.0980. The number of benzene rings is 2. The van der Waals surface area contributed by atoms with Crippen LogP contribution in [-0.2, 0) is 6.42 Å². The zero-order valence-corrected chi connectivity index (χ0v) is 11.0. The third-order valence-electron chi connectivity index (χ3n) is 3.06. The first kappa shape index (κ1) is 13.2. The molecule has 0 saturated carbocycles. The summed E-state index contributed by atoms with van der Waals surface area (Å²) in [5.41, 5.74) is 1.17. The lowest BCUT2D eigenvalue weighted by Gasteiger charge is -2.08. The molecule has 2 rings (SSSR count). The first-order valence-corrected chi connectivity index (χ1v) is 6.53. The number of ether oxygens (including phenoxy) is 1. The zero-order chi connectivity index (χ0) is 13.5. The standard InChI is InChI=1S/C17H17NO/c1-2-14(13-18)12-15-8-10-17(11-9-15)19-16-6-4-3-5-7-16/h3-11,14H,2,12H2,1H3. The Kier molecular flexibility index (Phi) is 4.58. The van der Waals surface area contributed by atoms with Crippen LogP contribution in [0.1, 0.15) is 18.9 Å². The zero-order valence-electron chi connectivity index (χ0n) is 11.0. The van der Waals surface area contributed by atoms with Gasteiger partial charge in [-0.1, -0.05) is 37.3 Å². The van der Waals surface area contributed by atoms with Crippen LogP contribution in [0.15, 0.2) is 54.6 Å². The van der Waals surface area contributed by atoms with Crippen molar-refractivity contribution in [1.82, 2.24) is 0 Å². The Morgan fingerprint density at radius 3 is 2.21 bits per heavy atom. The van der Waals surface area contributed by atoms with E-state index in [1.54, 1.807) is 0 Å². The maximum Gasteiger partial charge on any atom is 0.127 e. The first-order chi connectivity index (χ1) is 9.31. The molecular formula is C17H17NO. The largest absolute Gasteiger partial charge is 0.457 e. The molecule has 1 unspecified atom stereocenters. The lowest BCUT2D eigenvalue weighted by Crippen LogP contribution is -1.99. The molecule has 2 aromatic rings. The second-order valence-electron chi connectivity index (χ2n) is 4.50.